The Bertz CT molecular complexity index is 402. The fourth-order valence-electron chi connectivity index (χ4n) is 1.88. The Morgan fingerprint density at radius 3 is 2.56 bits per heavy atom. The zero-order valence-corrected chi connectivity index (χ0v) is 12.9. The van der Waals surface area contributed by atoms with Crippen molar-refractivity contribution in [1.29, 1.82) is 0 Å². The van der Waals surface area contributed by atoms with Crippen molar-refractivity contribution in [2.45, 2.75) is 44.1 Å². The molecule has 0 atom stereocenters. The van der Waals surface area contributed by atoms with Gasteiger partial charge in [0.1, 0.15) is 0 Å². The molecule has 1 aliphatic rings. The first-order valence-corrected chi connectivity index (χ1v) is 7.46. The van der Waals surface area contributed by atoms with Crippen LogP contribution < -0.4 is 5.56 Å². The predicted octanol–water partition coefficient (Wildman–Crippen LogP) is 3.84. The molecule has 1 aromatic rings. The number of nitrogens with one attached hydrogen (secondary N) is 1. The van der Waals surface area contributed by atoms with Gasteiger partial charge in [-0.1, -0.05) is 19.3 Å². The van der Waals surface area contributed by atoms with Crippen molar-refractivity contribution in [3.8, 4) is 0 Å². The quantitative estimate of drug-likeness (QED) is 0.834. The number of rotatable bonds is 2. The average molecular weight is 337 g/mol. The van der Waals surface area contributed by atoms with Gasteiger partial charge in [-0.2, -0.15) is 0 Å². The number of ether oxygens (including phenoxy) is 1. The molecule has 1 aromatic heterocycles. The van der Waals surface area contributed by atoms with Crippen LogP contribution >= 0.6 is 27.5 Å². The molecule has 0 amide bonds. The molecule has 102 valence electrons. The fourth-order valence-corrected chi connectivity index (χ4v) is 2.44. The molecule has 0 radical (unpaired) electrons. The number of hydrogen-bond acceptors (Lipinski definition) is 2. The monoisotopic (exact) mass is 335 g/mol. The Morgan fingerprint density at radius 2 is 2.11 bits per heavy atom. The molecule has 5 heteroatoms. The van der Waals surface area contributed by atoms with Crippen molar-refractivity contribution in [1.82, 2.24) is 4.98 Å². The first-order chi connectivity index (χ1) is 8.67. The van der Waals surface area contributed by atoms with E-state index in [1.54, 1.807) is 12.3 Å². The van der Waals surface area contributed by atoms with Gasteiger partial charge in [-0.25, -0.2) is 0 Å². The van der Waals surface area contributed by atoms with E-state index < -0.39 is 0 Å². The molecule has 1 N–H and O–H groups in total. The summed E-state index contributed by atoms with van der Waals surface area (Å²) in [7, 11) is 1.82. The molecule has 18 heavy (non-hydrogen) atoms. The second-order valence-corrected chi connectivity index (χ2v) is 5.44. The van der Waals surface area contributed by atoms with Gasteiger partial charge < -0.3 is 9.72 Å². The third-order valence-corrected chi connectivity index (χ3v) is 3.86. The lowest BCUT2D eigenvalue weighted by Gasteiger charge is -2.19. The third kappa shape index (κ3) is 5.55. The number of pyridine rings is 1. The van der Waals surface area contributed by atoms with Crippen LogP contribution in [0.25, 0.3) is 0 Å². The van der Waals surface area contributed by atoms with Crippen LogP contribution in [0, 0.1) is 0 Å². The Morgan fingerprint density at radius 1 is 1.44 bits per heavy atom. The van der Waals surface area contributed by atoms with Gasteiger partial charge in [0.15, 0.2) is 0 Å². The standard InChI is InChI=1S/C7H14O.C6H5BrClNO/c1-8-7-5-3-2-4-6-7;7-5-1-4(2-8)3-9-6(5)10/h7H,2-6H2,1H3;1,3H,2H2,(H,9,10). The summed E-state index contributed by atoms with van der Waals surface area (Å²) < 4.78 is 5.71. The van der Waals surface area contributed by atoms with Crippen LogP contribution in [0.2, 0.25) is 0 Å². The Kier molecular flexibility index (Phi) is 7.63. The van der Waals surface area contributed by atoms with Crippen molar-refractivity contribution >= 4 is 27.5 Å². The van der Waals surface area contributed by atoms with E-state index >= 15 is 0 Å². The van der Waals surface area contributed by atoms with Crippen molar-refractivity contribution < 1.29 is 4.74 Å². The van der Waals surface area contributed by atoms with Gasteiger partial charge in [0.2, 0.25) is 0 Å². The first kappa shape index (κ1) is 15.7. The van der Waals surface area contributed by atoms with Gasteiger partial charge >= 0.3 is 0 Å². The average Bonchev–Trinajstić information content (AvgIpc) is 2.43. The summed E-state index contributed by atoms with van der Waals surface area (Å²) in [5, 5.41) is 0. The molecule has 1 aliphatic carbocycles. The predicted molar refractivity (Wildman–Crippen MR) is 78.2 cm³/mol. The van der Waals surface area contributed by atoms with Crippen LogP contribution in [0.5, 0.6) is 0 Å². The molecular weight excluding hydrogens is 318 g/mol. The number of halogens is 2. The van der Waals surface area contributed by atoms with E-state index in [-0.39, 0.29) is 5.56 Å². The Labute approximate surface area is 121 Å². The van der Waals surface area contributed by atoms with E-state index in [1.807, 2.05) is 7.11 Å². The molecule has 0 bridgehead atoms. The van der Waals surface area contributed by atoms with Crippen LogP contribution in [0.1, 0.15) is 37.7 Å². The molecule has 0 aliphatic heterocycles. The maximum absolute atomic E-state index is 10.7. The number of aromatic nitrogens is 1. The Hall–Kier alpha value is -0.320. The molecule has 2 rings (SSSR count). The summed E-state index contributed by atoms with van der Waals surface area (Å²) >= 11 is 8.59. The van der Waals surface area contributed by atoms with Crippen LogP contribution in [-0.4, -0.2) is 18.2 Å². The number of hydrogen-bond donors (Lipinski definition) is 1. The summed E-state index contributed by atoms with van der Waals surface area (Å²) in [6.45, 7) is 0. The van der Waals surface area contributed by atoms with Crippen LogP contribution in [0.3, 0.4) is 0 Å². The van der Waals surface area contributed by atoms with Crippen molar-refractivity contribution in [2.75, 3.05) is 7.11 Å². The normalized spacial score (nSPS) is 15.9. The highest BCUT2D eigenvalue weighted by Crippen LogP contribution is 2.19. The van der Waals surface area contributed by atoms with E-state index in [4.69, 9.17) is 16.3 Å². The molecule has 1 fully saturated rings. The Balaban J connectivity index is 0.000000184. The van der Waals surface area contributed by atoms with E-state index in [0.717, 1.165) is 5.56 Å². The molecule has 0 spiro atoms. The maximum atomic E-state index is 10.7. The summed E-state index contributed by atoms with van der Waals surface area (Å²) in [5.41, 5.74) is 0.766. The number of H-pyrrole nitrogens is 1. The van der Waals surface area contributed by atoms with E-state index in [9.17, 15) is 4.79 Å². The van der Waals surface area contributed by atoms with Crippen LogP contribution in [0.4, 0.5) is 0 Å². The van der Waals surface area contributed by atoms with E-state index in [0.29, 0.717) is 16.5 Å². The number of alkyl halides is 1. The largest absolute Gasteiger partial charge is 0.381 e. The van der Waals surface area contributed by atoms with Gasteiger partial charge in [0, 0.05) is 19.2 Å². The SMILES string of the molecule is COC1CCCCC1.O=c1[nH]cc(CCl)cc1Br. The lowest BCUT2D eigenvalue weighted by Crippen LogP contribution is -2.13. The summed E-state index contributed by atoms with van der Waals surface area (Å²) in [4.78, 5) is 13.3. The van der Waals surface area contributed by atoms with Crippen molar-refractivity contribution in [2.24, 2.45) is 0 Å². The van der Waals surface area contributed by atoms with Crippen molar-refractivity contribution in [3.63, 3.8) is 0 Å². The first-order valence-electron chi connectivity index (χ1n) is 6.13. The fraction of sp³-hybridized carbons (Fsp3) is 0.615. The smallest absolute Gasteiger partial charge is 0.262 e. The van der Waals surface area contributed by atoms with Gasteiger partial charge in [-0.3, -0.25) is 4.79 Å². The number of methoxy groups -OCH3 is 1. The molecular formula is C13H19BrClNO2. The highest BCUT2D eigenvalue weighted by molar-refractivity contribution is 9.10. The summed E-state index contributed by atoms with van der Waals surface area (Å²) in [5.74, 6) is 0.412. The van der Waals surface area contributed by atoms with E-state index in [1.165, 1.54) is 32.1 Å². The van der Waals surface area contributed by atoms with Gasteiger partial charge in [0.25, 0.3) is 5.56 Å². The van der Waals surface area contributed by atoms with Crippen LogP contribution in [0.15, 0.2) is 21.5 Å². The molecule has 3 nitrogen and oxygen atoms in total. The lowest BCUT2D eigenvalue weighted by atomic mass is 9.98. The highest BCUT2D eigenvalue weighted by Gasteiger charge is 2.10. The summed E-state index contributed by atoms with van der Waals surface area (Å²) in [6.07, 6.45) is 8.92. The van der Waals surface area contributed by atoms with Crippen molar-refractivity contribution in [3.05, 3.63) is 32.7 Å². The van der Waals surface area contributed by atoms with Gasteiger partial charge in [0.05, 0.1) is 10.6 Å². The highest BCUT2D eigenvalue weighted by atomic mass is 79.9. The zero-order valence-electron chi connectivity index (χ0n) is 10.5. The summed E-state index contributed by atoms with van der Waals surface area (Å²) in [6, 6.07) is 1.70. The lowest BCUT2D eigenvalue weighted by molar-refractivity contribution is 0.0710. The third-order valence-electron chi connectivity index (χ3n) is 2.96. The van der Waals surface area contributed by atoms with Gasteiger partial charge in [-0.05, 0) is 40.4 Å². The molecule has 0 saturated heterocycles. The topological polar surface area (TPSA) is 42.1 Å². The zero-order chi connectivity index (χ0) is 13.4. The molecule has 0 aromatic carbocycles. The molecule has 1 saturated carbocycles. The second-order valence-electron chi connectivity index (χ2n) is 4.31. The second kappa shape index (κ2) is 8.73. The van der Waals surface area contributed by atoms with Gasteiger partial charge in [-0.15, -0.1) is 11.6 Å². The number of aromatic amines is 1. The minimum Gasteiger partial charge on any atom is -0.381 e. The van der Waals surface area contributed by atoms with E-state index in [2.05, 4.69) is 20.9 Å². The minimum atomic E-state index is -0.131. The molecule has 1 heterocycles. The van der Waals surface area contributed by atoms with Crippen LogP contribution in [-0.2, 0) is 10.6 Å². The molecule has 0 unspecified atom stereocenters. The maximum Gasteiger partial charge on any atom is 0.262 e. The minimum absolute atomic E-state index is 0.131.